The first-order valence-electron chi connectivity index (χ1n) is 10.8. The number of rotatable bonds is 8. The van der Waals surface area contributed by atoms with Crippen molar-refractivity contribution in [2.45, 2.75) is 33.4 Å². The number of carbonyl (C=O) groups excluding carboxylic acids is 3. The smallest absolute Gasteiger partial charge is 0.341 e. The van der Waals surface area contributed by atoms with Crippen molar-refractivity contribution in [2.24, 2.45) is 5.73 Å². The zero-order chi connectivity index (χ0) is 24.1. The third-order valence-electron chi connectivity index (χ3n) is 5.30. The van der Waals surface area contributed by atoms with E-state index in [-0.39, 0.29) is 39.8 Å². The number of nitrogens with one attached hydrogen (secondary N) is 1. The predicted molar refractivity (Wildman–Crippen MR) is 125 cm³/mol. The van der Waals surface area contributed by atoms with Crippen LogP contribution < -0.4 is 11.1 Å². The number of benzene rings is 1. The molecule has 1 aliphatic rings. The summed E-state index contributed by atoms with van der Waals surface area (Å²) in [4.78, 5) is 41.5. The maximum absolute atomic E-state index is 13.4. The minimum Gasteiger partial charge on any atom is -0.459 e. The molecule has 8 nitrogen and oxygen atoms in total. The van der Waals surface area contributed by atoms with Gasteiger partial charge in [0.2, 0.25) is 5.91 Å². The number of halogens is 1. The third-order valence-corrected chi connectivity index (χ3v) is 6.52. The first-order chi connectivity index (χ1) is 15.6. The summed E-state index contributed by atoms with van der Waals surface area (Å²) >= 11 is 0.978. The lowest BCUT2D eigenvalue weighted by atomic mass is 10.1. The standard InChI is InChI=1S/C23H29FN4O4S/c1-14(2)32-23(31)19-15(3)20(21(25)30)33-22(19)26-18(29)13-28-9-7-27(8-10-28)12-16-5-4-6-17(24)11-16/h4-6,11,14H,7-10,12-13H2,1-3H3,(H2,25,30)(H,26,29). The van der Waals surface area contributed by atoms with E-state index in [1.807, 2.05) is 11.0 Å². The van der Waals surface area contributed by atoms with Crippen molar-refractivity contribution in [3.8, 4) is 0 Å². The van der Waals surface area contributed by atoms with Gasteiger partial charge in [0.05, 0.1) is 23.1 Å². The van der Waals surface area contributed by atoms with Crippen molar-refractivity contribution < 1.29 is 23.5 Å². The molecule has 178 valence electrons. The molecule has 0 saturated carbocycles. The molecule has 3 N–H and O–H groups in total. The van der Waals surface area contributed by atoms with E-state index in [2.05, 4.69) is 10.2 Å². The molecule has 2 aromatic rings. The van der Waals surface area contributed by atoms with Crippen LogP contribution in [0.25, 0.3) is 0 Å². The Labute approximate surface area is 196 Å². The molecule has 0 radical (unpaired) electrons. The average Bonchev–Trinajstić information content (AvgIpc) is 3.05. The third kappa shape index (κ3) is 6.59. The fraction of sp³-hybridized carbons (Fsp3) is 0.435. The van der Waals surface area contributed by atoms with Crippen LogP contribution >= 0.6 is 11.3 Å². The van der Waals surface area contributed by atoms with Crippen LogP contribution in [0.2, 0.25) is 0 Å². The summed E-state index contributed by atoms with van der Waals surface area (Å²) in [5, 5.41) is 3.02. The number of carbonyl (C=O) groups is 3. The van der Waals surface area contributed by atoms with Crippen molar-refractivity contribution in [1.29, 1.82) is 0 Å². The molecule has 1 fully saturated rings. The van der Waals surface area contributed by atoms with Crippen LogP contribution in [0.4, 0.5) is 9.39 Å². The van der Waals surface area contributed by atoms with Gasteiger partial charge in [-0.1, -0.05) is 12.1 Å². The first-order valence-corrected chi connectivity index (χ1v) is 11.6. The van der Waals surface area contributed by atoms with Gasteiger partial charge in [-0.05, 0) is 44.0 Å². The van der Waals surface area contributed by atoms with Crippen LogP contribution in [0.5, 0.6) is 0 Å². The lowest BCUT2D eigenvalue weighted by Crippen LogP contribution is -2.48. The van der Waals surface area contributed by atoms with E-state index in [1.165, 1.54) is 12.1 Å². The van der Waals surface area contributed by atoms with Crippen molar-refractivity contribution in [1.82, 2.24) is 9.80 Å². The van der Waals surface area contributed by atoms with E-state index < -0.39 is 11.9 Å². The summed E-state index contributed by atoms with van der Waals surface area (Å²) < 4.78 is 18.7. The van der Waals surface area contributed by atoms with Crippen molar-refractivity contribution in [2.75, 3.05) is 38.0 Å². The Kier molecular flexibility index (Phi) is 8.17. The number of primary amides is 1. The molecule has 33 heavy (non-hydrogen) atoms. The number of nitrogens with zero attached hydrogens (tertiary/aromatic N) is 2. The molecule has 1 saturated heterocycles. The molecule has 2 heterocycles. The van der Waals surface area contributed by atoms with E-state index in [1.54, 1.807) is 26.8 Å². The van der Waals surface area contributed by atoms with Gasteiger partial charge in [0.25, 0.3) is 5.91 Å². The minimum atomic E-state index is -0.661. The Hall–Kier alpha value is -2.82. The second-order valence-corrected chi connectivity index (χ2v) is 9.33. The monoisotopic (exact) mass is 476 g/mol. The number of ether oxygens (including phenoxy) is 1. The van der Waals surface area contributed by atoms with E-state index in [9.17, 15) is 18.8 Å². The molecule has 10 heteroatoms. The highest BCUT2D eigenvalue weighted by atomic mass is 32.1. The Morgan fingerprint density at radius 2 is 1.85 bits per heavy atom. The van der Waals surface area contributed by atoms with Crippen molar-refractivity contribution in [3.63, 3.8) is 0 Å². The number of nitrogens with two attached hydrogens (primary N) is 1. The molecular formula is C23H29FN4O4S. The number of amides is 2. The van der Waals surface area contributed by atoms with Gasteiger partial charge in [0.1, 0.15) is 10.8 Å². The van der Waals surface area contributed by atoms with Gasteiger partial charge >= 0.3 is 5.97 Å². The number of esters is 1. The van der Waals surface area contributed by atoms with Gasteiger partial charge in [-0.15, -0.1) is 11.3 Å². The Morgan fingerprint density at radius 1 is 1.18 bits per heavy atom. The predicted octanol–water partition coefficient (Wildman–Crippen LogP) is 2.62. The summed E-state index contributed by atoms with van der Waals surface area (Å²) in [6, 6.07) is 6.56. The Morgan fingerprint density at radius 3 is 2.45 bits per heavy atom. The molecule has 2 amide bonds. The topological polar surface area (TPSA) is 105 Å². The summed E-state index contributed by atoms with van der Waals surface area (Å²) in [7, 11) is 0. The SMILES string of the molecule is Cc1c(C(N)=O)sc(NC(=O)CN2CCN(Cc3cccc(F)c3)CC2)c1C(=O)OC(C)C. The number of thiophene rings is 1. The lowest BCUT2D eigenvalue weighted by molar-refractivity contribution is -0.117. The number of hydrogen-bond acceptors (Lipinski definition) is 7. The number of hydrogen-bond donors (Lipinski definition) is 2. The molecule has 1 aromatic heterocycles. The van der Waals surface area contributed by atoms with E-state index in [4.69, 9.17) is 10.5 Å². The maximum Gasteiger partial charge on any atom is 0.341 e. The van der Waals surface area contributed by atoms with Crippen LogP contribution in [0.3, 0.4) is 0 Å². The highest BCUT2D eigenvalue weighted by molar-refractivity contribution is 7.18. The molecule has 0 bridgehead atoms. The van der Waals surface area contributed by atoms with Gasteiger partial charge in [0.15, 0.2) is 0 Å². The zero-order valence-electron chi connectivity index (χ0n) is 19.0. The summed E-state index contributed by atoms with van der Waals surface area (Å²) in [6.07, 6.45) is -0.346. The molecule has 1 aromatic carbocycles. The fourth-order valence-electron chi connectivity index (χ4n) is 3.72. The van der Waals surface area contributed by atoms with Crippen LogP contribution in [0.15, 0.2) is 24.3 Å². The molecule has 3 rings (SSSR count). The highest BCUT2D eigenvalue weighted by Crippen LogP contribution is 2.33. The summed E-state index contributed by atoms with van der Waals surface area (Å²) in [5.74, 6) is -1.80. The molecule has 0 unspecified atom stereocenters. The van der Waals surface area contributed by atoms with Gasteiger partial charge < -0.3 is 15.8 Å². The van der Waals surface area contributed by atoms with Gasteiger partial charge in [0, 0.05) is 32.7 Å². The molecule has 0 spiro atoms. The summed E-state index contributed by atoms with van der Waals surface area (Å²) in [5.41, 5.74) is 6.91. The first kappa shape index (κ1) is 24.8. The summed E-state index contributed by atoms with van der Waals surface area (Å²) in [6.45, 7) is 8.72. The van der Waals surface area contributed by atoms with E-state index in [0.717, 1.165) is 30.0 Å². The quantitative estimate of drug-likeness (QED) is 0.568. The van der Waals surface area contributed by atoms with Crippen LogP contribution in [0.1, 0.15) is 45.0 Å². The highest BCUT2D eigenvalue weighted by Gasteiger charge is 2.27. The number of anilines is 1. The van der Waals surface area contributed by atoms with Gasteiger partial charge in [-0.3, -0.25) is 19.4 Å². The van der Waals surface area contributed by atoms with Gasteiger partial charge in [-0.2, -0.15) is 0 Å². The van der Waals surface area contributed by atoms with Crippen molar-refractivity contribution >= 4 is 34.1 Å². The van der Waals surface area contributed by atoms with Crippen LogP contribution in [-0.2, 0) is 16.1 Å². The Balaban J connectivity index is 1.59. The van der Waals surface area contributed by atoms with Crippen LogP contribution in [0, 0.1) is 12.7 Å². The largest absolute Gasteiger partial charge is 0.459 e. The average molecular weight is 477 g/mol. The molecular weight excluding hydrogens is 447 g/mol. The van der Waals surface area contributed by atoms with E-state index in [0.29, 0.717) is 25.2 Å². The second-order valence-electron chi connectivity index (χ2n) is 8.31. The second kappa shape index (κ2) is 10.9. The Bertz CT molecular complexity index is 1030. The van der Waals surface area contributed by atoms with Crippen molar-refractivity contribution in [3.05, 3.63) is 51.7 Å². The van der Waals surface area contributed by atoms with Gasteiger partial charge in [-0.25, -0.2) is 9.18 Å². The number of piperazine rings is 1. The molecule has 0 atom stereocenters. The fourth-order valence-corrected chi connectivity index (χ4v) is 4.79. The molecule has 0 aliphatic carbocycles. The normalized spacial score (nSPS) is 14.9. The molecule has 1 aliphatic heterocycles. The van der Waals surface area contributed by atoms with Crippen LogP contribution in [-0.4, -0.2) is 66.4 Å². The van der Waals surface area contributed by atoms with E-state index >= 15 is 0 Å². The minimum absolute atomic E-state index is 0.148. The lowest BCUT2D eigenvalue weighted by Gasteiger charge is -2.34. The zero-order valence-corrected chi connectivity index (χ0v) is 19.8. The maximum atomic E-state index is 13.4.